The molecule has 33 heavy (non-hydrogen) atoms. The second-order valence-corrected chi connectivity index (χ2v) is 15.1. The summed E-state index contributed by atoms with van der Waals surface area (Å²) in [6.07, 6.45) is 9.75. The van der Waals surface area contributed by atoms with E-state index in [1.165, 1.54) is 0 Å². The van der Waals surface area contributed by atoms with Crippen LogP contribution in [0.5, 0.6) is 0 Å². The molecule has 7 nitrogen and oxygen atoms in total. The summed E-state index contributed by atoms with van der Waals surface area (Å²) in [4.78, 5) is 28.5. The number of hydrogen-bond acceptors (Lipinski definition) is 4. The van der Waals surface area contributed by atoms with Gasteiger partial charge in [-0.25, -0.2) is 10.0 Å². The molecule has 0 radical (unpaired) electrons. The number of aliphatic hydroxyl groups is 1. The molecule has 2 aromatic rings. The van der Waals surface area contributed by atoms with Gasteiger partial charge in [-0.1, -0.05) is 30.3 Å². The van der Waals surface area contributed by atoms with Gasteiger partial charge in [0.25, 0.3) is 0 Å². The zero-order chi connectivity index (χ0) is 24.0. The molecule has 8 heteroatoms. The van der Waals surface area contributed by atoms with Crippen molar-refractivity contribution in [1.82, 2.24) is 15.1 Å². The van der Waals surface area contributed by atoms with E-state index in [-0.39, 0.29) is 35.5 Å². The summed E-state index contributed by atoms with van der Waals surface area (Å²) in [6.45, 7) is 4.28. The number of H-pyrrole nitrogens is 1. The molecule has 180 valence electrons. The Bertz CT molecular complexity index is 1040. The first-order chi connectivity index (χ1) is 15.5. The summed E-state index contributed by atoms with van der Waals surface area (Å²) in [5.74, 6) is 0.311. The number of fused-ring (bicyclic) bond motifs is 1. The maximum absolute atomic E-state index is 13.3. The number of rotatable bonds is 7. The zero-order valence-electron chi connectivity index (χ0n) is 20.3. The molecule has 1 saturated carbocycles. The fourth-order valence-corrected chi connectivity index (χ4v) is 7.31. The molecule has 1 aromatic heterocycles. The van der Waals surface area contributed by atoms with Gasteiger partial charge in [-0.15, -0.1) is 0 Å². The highest BCUT2D eigenvalue weighted by Crippen LogP contribution is 2.60. The van der Waals surface area contributed by atoms with Crippen LogP contribution in [0.25, 0.3) is 0 Å². The lowest BCUT2D eigenvalue weighted by Crippen LogP contribution is -2.51. The molecule has 2 amide bonds. The van der Waals surface area contributed by atoms with Crippen LogP contribution < -0.4 is 5.32 Å². The average Bonchev–Trinajstić information content (AvgIpc) is 3.23. The Morgan fingerprint density at radius 1 is 1.21 bits per heavy atom. The highest BCUT2D eigenvalue weighted by atomic mass is 32.3. The summed E-state index contributed by atoms with van der Waals surface area (Å²) in [5, 5.41) is 20.5. The van der Waals surface area contributed by atoms with Crippen molar-refractivity contribution in [3.8, 4) is 0 Å². The monoisotopic (exact) mass is 472 g/mol. The lowest BCUT2D eigenvalue weighted by atomic mass is 9.83. The molecule has 1 aromatic carbocycles. The van der Waals surface area contributed by atoms with E-state index in [0.29, 0.717) is 12.4 Å². The predicted molar refractivity (Wildman–Crippen MR) is 134 cm³/mol. The van der Waals surface area contributed by atoms with Crippen molar-refractivity contribution in [3.63, 3.8) is 0 Å². The maximum Gasteiger partial charge on any atom is 0.240 e. The van der Waals surface area contributed by atoms with Crippen molar-refractivity contribution in [2.75, 3.05) is 30.7 Å². The molecule has 0 saturated heterocycles. The van der Waals surface area contributed by atoms with Gasteiger partial charge in [0, 0.05) is 17.9 Å². The number of benzene rings is 1. The van der Waals surface area contributed by atoms with Crippen LogP contribution in [0.1, 0.15) is 62.3 Å². The van der Waals surface area contributed by atoms with E-state index in [1.54, 1.807) is 0 Å². The predicted octanol–water partition coefficient (Wildman–Crippen LogP) is 3.71. The number of nitrogens with one attached hydrogen (secondary N) is 2. The van der Waals surface area contributed by atoms with Gasteiger partial charge in [0.1, 0.15) is 0 Å². The first-order valence-electron chi connectivity index (χ1n) is 11.5. The number of carbonyl (C=O) groups is 2. The Morgan fingerprint density at radius 2 is 1.88 bits per heavy atom. The number of amides is 2. The molecular weight excluding hydrogens is 436 g/mol. The van der Waals surface area contributed by atoms with Gasteiger partial charge in [-0.3, -0.25) is 14.7 Å². The van der Waals surface area contributed by atoms with Crippen LogP contribution in [0.4, 0.5) is 5.82 Å². The number of hydrogen-bond donors (Lipinski definition) is 3. The van der Waals surface area contributed by atoms with Crippen molar-refractivity contribution in [1.29, 1.82) is 0 Å². The normalized spacial score (nSPS) is 20.0. The number of anilines is 1. The second kappa shape index (κ2) is 8.47. The molecule has 1 fully saturated rings. The highest BCUT2D eigenvalue weighted by Gasteiger charge is 2.51. The van der Waals surface area contributed by atoms with Crippen LogP contribution in [0, 0.1) is 0 Å². The lowest BCUT2D eigenvalue weighted by Gasteiger charge is -2.53. The molecule has 1 unspecified atom stereocenters. The topological polar surface area (TPSA) is 98.3 Å². The van der Waals surface area contributed by atoms with E-state index < -0.39 is 15.6 Å². The quantitative estimate of drug-likeness (QED) is 0.572. The number of nitrogens with zero attached hydrogens (tertiary/aromatic N) is 2. The minimum absolute atomic E-state index is 0.0284. The largest absolute Gasteiger partial charge is 0.396 e. The van der Waals surface area contributed by atoms with Crippen LogP contribution in [0.3, 0.4) is 0 Å². The molecule has 0 spiro atoms. The van der Waals surface area contributed by atoms with Crippen LogP contribution in [-0.2, 0) is 21.7 Å². The van der Waals surface area contributed by atoms with Gasteiger partial charge in [0.2, 0.25) is 11.8 Å². The Morgan fingerprint density at radius 3 is 2.42 bits per heavy atom. The fraction of sp³-hybridized carbons (Fsp3) is 0.560. The third kappa shape index (κ3) is 3.97. The molecular formula is C25H36N4O3S. The number of aliphatic hydroxyl groups excluding tert-OH is 1. The van der Waals surface area contributed by atoms with Crippen molar-refractivity contribution >= 4 is 27.7 Å². The number of carbonyl (C=O) groups excluding carboxylic acids is 2. The van der Waals surface area contributed by atoms with Gasteiger partial charge >= 0.3 is 0 Å². The summed E-state index contributed by atoms with van der Waals surface area (Å²) < 4.78 is -0.299. The van der Waals surface area contributed by atoms with Crippen LogP contribution in [-0.4, -0.2) is 62.1 Å². The van der Waals surface area contributed by atoms with E-state index in [0.717, 1.165) is 36.1 Å². The fourth-order valence-electron chi connectivity index (χ4n) is 5.19. The van der Waals surface area contributed by atoms with Crippen molar-refractivity contribution in [2.24, 2.45) is 0 Å². The second-order valence-electron chi connectivity index (χ2n) is 10.6. The average molecular weight is 473 g/mol. The molecule has 4 rings (SSSR count). The van der Waals surface area contributed by atoms with E-state index in [1.807, 2.05) is 49.1 Å². The van der Waals surface area contributed by atoms with E-state index >= 15 is 0 Å². The summed E-state index contributed by atoms with van der Waals surface area (Å²) in [7, 11) is -1.07. The number of aromatic amines is 1. The first kappa shape index (κ1) is 23.8. The maximum atomic E-state index is 13.3. The van der Waals surface area contributed by atoms with Crippen LogP contribution >= 0.6 is 10.0 Å². The molecule has 1 aliphatic heterocycles. The van der Waals surface area contributed by atoms with Crippen LogP contribution in [0.15, 0.2) is 30.3 Å². The smallest absolute Gasteiger partial charge is 0.240 e. The molecule has 2 aliphatic rings. The number of aromatic nitrogens is 2. The van der Waals surface area contributed by atoms with E-state index in [2.05, 4.69) is 34.3 Å². The molecule has 3 N–H and O–H groups in total. The molecule has 1 atom stereocenters. The Labute approximate surface area is 197 Å². The summed E-state index contributed by atoms with van der Waals surface area (Å²) in [5.41, 5.74) is 2.11. The van der Waals surface area contributed by atoms with Gasteiger partial charge in [0.15, 0.2) is 5.82 Å². The van der Waals surface area contributed by atoms with Crippen LogP contribution in [0.2, 0.25) is 0 Å². The van der Waals surface area contributed by atoms with E-state index in [4.69, 9.17) is 0 Å². The minimum Gasteiger partial charge on any atom is -0.396 e. The Kier molecular flexibility index (Phi) is 6.12. The van der Waals surface area contributed by atoms with Gasteiger partial charge < -0.3 is 15.3 Å². The van der Waals surface area contributed by atoms with Crippen molar-refractivity contribution in [3.05, 3.63) is 47.2 Å². The Balaban J connectivity index is 1.52. The summed E-state index contributed by atoms with van der Waals surface area (Å²) >= 11 is 0. The zero-order valence-corrected chi connectivity index (χ0v) is 21.1. The third-order valence-electron chi connectivity index (χ3n) is 7.66. The highest BCUT2D eigenvalue weighted by molar-refractivity contribution is 8.33. The van der Waals surface area contributed by atoms with Gasteiger partial charge in [0.05, 0.1) is 29.1 Å². The molecule has 1 aliphatic carbocycles. The molecule has 0 bridgehead atoms. The SMILES string of the molecule is CC1(C)c2[nH]nc(NC(=O)C3(S(C)(C)C)CCC3)c2CN1C(=O)CC(CO)c1ccccc1. The first-order valence-corrected chi connectivity index (χ1v) is 14.4. The van der Waals surface area contributed by atoms with Crippen molar-refractivity contribution < 1.29 is 14.7 Å². The lowest BCUT2D eigenvalue weighted by molar-refractivity contribution is -0.137. The van der Waals surface area contributed by atoms with E-state index in [9.17, 15) is 14.7 Å². The van der Waals surface area contributed by atoms with Gasteiger partial charge in [-0.05, 0) is 57.4 Å². The van der Waals surface area contributed by atoms with Gasteiger partial charge in [-0.2, -0.15) is 5.10 Å². The minimum atomic E-state index is -1.07. The molecule has 2 heterocycles. The Hall–Kier alpha value is -2.32. The summed E-state index contributed by atoms with van der Waals surface area (Å²) in [6, 6.07) is 9.64. The third-order valence-corrected chi connectivity index (χ3v) is 10.6. The van der Waals surface area contributed by atoms with Crippen molar-refractivity contribution in [2.45, 2.75) is 62.3 Å². The standard InChI is InChI=1S/C25H36N4O3S/c1-24(2)21-19(15-29(24)20(31)14-18(16-30)17-10-7-6-8-11-17)22(28-27-21)26-23(32)25(12-9-13-25)33(3,4)5/h6-8,10-11,18,30H,9,12-16H2,1-5H3,(H2,26,27,28,32).